The lowest BCUT2D eigenvalue weighted by atomic mass is 9.85. The fourth-order valence-corrected chi connectivity index (χ4v) is 11.1. The van der Waals surface area contributed by atoms with Crippen LogP contribution in [-0.4, -0.2) is 9.13 Å². The Balaban J connectivity index is 0.981. The van der Waals surface area contributed by atoms with Crippen molar-refractivity contribution in [1.82, 2.24) is 9.13 Å². The first-order valence-electron chi connectivity index (χ1n) is 22.2. The Morgan fingerprint density at radius 3 is 1.52 bits per heavy atom. The van der Waals surface area contributed by atoms with Gasteiger partial charge in [-0.3, -0.25) is 0 Å². The van der Waals surface area contributed by atoms with Crippen molar-refractivity contribution in [3.63, 3.8) is 0 Å². The molecule has 0 aliphatic heterocycles. The van der Waals surface area contributed by atoms with Gasteiger partial charge in [-0.2, -0.15) is 0 Å². The van der Waals surface area contributed by atoms with Crippen LogP contribution in [0.15, 0.2) is 231 Å². The third-order valence-electron chi connectivity index (χ3n) is 13.8. The molecule has 14 rings (SSSR count). The van der Waals surface area contributed by atoms with E-state index in [1.54, 1.807) is 0 Å². The fraction of sp³-hybridized carbons (Fsp3) is 0. The second-order valence-corrected chi connectivity index (χ2v) is 17.2. The van der Waals surface area contributed by atoms with Gasteiger partial charge in [0.1, 0.15) is 0 Å². The molecule has 12 aromatic carbocycles. The van der Waals surface area contributed by atoms with Crippen LogP contribution in [0.25, 0.3) is 131 Å². The Bertz CT molecular complexity index is 4240. The van der Waals surface area contributed by atoms with Crippen LogP contribution >= 0.6 is 0 Å². The van der Waals surface area contributed by atoms with E-state index in [2.05, 4.69) is 240 Å². The van der Waals surface area contributed by atoms with E-state index in [0.29, 0.717) is 0 Å². The molecule has 0 radical (unpaired) electrons. The van der Waals surface area contributed by atoms with E-state index in [-0.39, 0.29) is 0 Å². The van der Waals surface area contributed by atoms with Crippen LogP contribution in [0.3, 0.4) is 0 Å². The highest BCUT2D eigenvalue weighted by Crippen LogP contribution is 2.46. The second kappa shape index (κ2) is 13.5. The molecule has 0 fully saturated rings. The maximum absolute atomic E-state index is 2.46. The maximum Gasteiger partial charge on any atom is 0.0547 e. The van der Waals surface area contributed by atoms with Gasteiger partial charge in [-0.05, 0) is 137 Å². The third-order valence-corrected chi connectivity index (χ3v) is 13.8. The topological polar surface area (TPSA) is 9.86 Å². The van der Waals surface area contributed by atoms with Crippen LogP contribution in [0.5, 0.6) is 0 Å². The van der Waals surface area contributed by atoms with Crippen molar-refractivity contribution >= 4 is 97.5 Å². The van der Waals surface area contributed by atoms with E-state index in [1.165, 1.54) is 125 Å². The number of hydrogen-bond acceptors (Lipinski definition) is 0. The quantitative estimate of drug-likeness (QED) is 0.157. The molecule has 296 valence electrons. The number of aromatic nitrogens is 2. The van der Waals surface area contributed by atoms with Crippen LogP contribution in [0.2, 0.25) is 0 Å². The lowest BCUT2D eigenvalue weighted by Gasteiger charge is -2.18. The van der Waals surface area contributed by atoms with E-state index in [9.17, 15) is 0 Å². The molecule has 2 heteroatoms. The summed E-state index contributed by atoms with van der Waals surface area (Å²) in [5.74, 6) is 0. The molecule has 64 heavy (non-hydrogen) atoms. The zero-order valence-corrected chi connectivity index (χ0v) is 34.8. The van der Waals surface area contributed by atoms with Gasteiger partial charge < -0.3 is 9.13 Å². The van der Waals surface area contributed by atoms with Crippen LogP contribution in [0.4, 0.5) is 0 Å². The zero-order valence-electron chi connectivity index (χ0n) is 34.8. The number of fused-ring (bicyclic) bond motifs is 16. The molecule has 14 aromatic rings. The van der Waals surface area contributed by atoms with Crippen molar-refractivity contribution in [3.05, 3.63) is 231 Å². The second-order valence-electron chi connectivity index (χ2n) is 17.2. The molecule has 0 saturated carbocycles. The largest absolute Gasteiger partial charge is 0.309 e. The molecule has 0 atom stereocenters. The smallest absolute Gasteiger partial charge is 0.0547 e. The molecule has 2 nitrogen and oxygen atoms in total. The van der Waals surface area contributed by atoms with E-state index >= 15 is 0 Å². The Morgan fingerprint density at radius 2 is 0.734 bits per heavy atom. The minimum atomic E-state index is 1.14. The summed E-state index contributed by atoms with van der Waals surface area (Å²) >= 11 is 0. The predicted octanol–water partition coefficient (Wildman–Crippen LogP) is 17.0. The molecule has 0 saturated heterocycles. The predicted molar refractivity (Wildman–Crippen MR) is 274 cm³/mol. The first-order chi connectivity index (χ1) is 31.8. The first-order valence-corrected chi connectivity index (χ1v) is 22.2. The van der Waals surface area contributed by atoms with Gasteiger partial charge in [0.15, 0.2) is 0 Å². The third kappa shape index (κ3) is 5.02. The number of hydrogen-bond donors (Lipinski definition) is 0. The van der Waals surface area contributed by atoms with E-state index in [1.807, 2.05) is 0 Å². The summed E-state index contributed by atoms with van der Waals surface area (Å²) in [6.45, 7) is 0. The van der Waals surface area contributed by atoms with Crippen molar-refractivity contribution in [2.45, 2.75) is 0 Å². The van der Waals surface area contributed by atoms with Crippen LogP contribution in [-0.2, 0) is 0 Å². The first kappa shape index (κ1) is 35.2. The van der Waals surface area contributed by atoms with Crippen molar-refractivity contribution in [2.75, 3.05) is 0 Å². The molecule has 0 aliphatic rings. The highest BCUT2D eigenvalue weighted by atomic mass is 15.0. The average Bonchev–Trinajstić information content (AvgIpc) is 3.88. The van der Waals surface area contributed by atoms with Crippen LogP contribution < -0.4 is 0 Å². The Hall–Kier alpha value is -8.46. The number of para-hydroxylation sites is 3. The molecule has 0 N–H and O–H groups in total. The van der Waals surface area contributed by atoms with Crippen LogP contribution in [0.1, 0.15) is 0 Å². The molecule has 0 aliphatic carbocycles. The average molecular weight is 811 g/mol. The minimum Gasteiger partial charge on any atom is -0.309 e. The van der Waals surface area contributed by atoms with Crippen molar-refractivity contribution in [2.24, 2.45) is 0 Å². The van der Waals surface area contributed by atoms with Gasteiger partial charge in [-0.1, -0.05) is 170 Å². The van der Waals surface area contributed by atoms with Crippen molar-refractivity contribution < 1.29 is 0 Å². The van der Waals surface area contributed by atoms with Crippen molar-refractivity contribution in [3.8, 4) is 33.6 Å². The molecule has 0 amide bonds. The Kier molecular flexibility index (Phi) is 7.43. The number of rotatable bonds is 4. The van der Waals surface area contributed by atoms with Gasteiger partial charge in [-0.25, -0.2) is 0 Å². The summed E-state index contributed by atoms with van der Waals surface area (Å²) in [7, 11) is 0. The minimum absolute atomic E-state index is 1.14. The summed E-state index contributed by atoms with van der Waals surface area (Å²) < 4.78 is 4.85. The highest BCUT2D eigenvalue weighted by Gasteiger charge is 2.20. The normalized spacial score (nSPS) is 12.1. The number of nitrogens with zero attached hydrogens (tertiary/aromatic N) is 2. The molecule has 0 bridgehead atoms. The van der Waals surface area contributed by atoms with Gasteiger partial charge >= 0.3 is 0 Å². The van der Waals surface area contributed by atoms with Crippen molar-refractivity contribution in [1.29, 1.82) is 0 Å². The van der Waals surface area contributed by atoms with Gasteiger partial charge in [-0.15, -0.1) is 0 Å². The van der Waals surface area contributed by atoms with Gasteiger partial charge in [0.2, 0.25) is 0 Å². The standard InChI is InChI=1S/C62H38N2/c1-2-17-43(18-3-1)63-57-27-12-10-24-49(57)51-32-30-41(37-60(51)63)40-31-34-59-55(36-40)50-25-11-13-28-58(50)64(59)44-19-14-16-42(35-44)54-38-56-48-23-7-6-21-46(48)47-22-8-9-26-52(47)62(56)61-45-20-5-4-15-39(45)29-33-53(54)61/h1-38H. The maximum atomic E-state index is 2.46. The fourth-order valence-electron chi connectivity index (χ4n) is 11.1. The lowest BCUT2D eigenvalue weighted by molar-refractivity contribution is 1.18. The number of benzene rings is 12. The summed E-state index contributed by atoms with van der Waals surface area (Å²) in [6, 6.07) is 85.3. The summed E-state index contributed by atoms with van der Waals surface area (Å²) in [6.07, 6.45) is 0. The highest BCUT2D eigenvalue weighted by molar-refractivity contribution is 6.36. The van der Waals surface area contributed by atoms with E-state index in [4.69, 9.17) is 0 Å². The molecule has 0 unspecified atom stereocenters. The molecular weight excluding hydrogens is 773 g/mol. The summed E-state index contributed by atoms with van der Waals surface area (Å²) in [5.41, 5.74) is 11.9. The monoisotopic (exact) mass is 810 g/mol. The van der Waals surface area contributed by atoms with Crippen LogP contribution in [0, 0.1) is 0 Å². The zero-order chi connectivity index (χ0) is 41.9. The molecule has 2 heterocycles. The Morgan fingerprint density at radius 1 is 0.219 bits per heavy atom. The van der Waals surface area contributed by atoms with E-state index in [0.717, 1.165) is 5.69 Å². The van der Waals surface area contributed by atoms with Gasteiger partial charge in [0.05, 0.1) is 22.1 Å². The van der Waals surface area contributed by atoms with Gasteiger partial charge in [0.25, 0.3) is 0 Å². The van der Waals surface area contributed by atoms with Gasteiger partial charge in [0, 0.05) is 32.9 Å². The molecule has 0 spiro atoms. The lowest BCUT2D eigenvalue weighted by Crippen LogP contribution is -1.95. The Labute approximate surface area is 369 Å². The SMILES string of the molecule is c1ccc(-n2c3ccccc3c3ccc(-c4ccc5c(c4)c4ccccc4n5-c4cccc(-c5cc6c7ccccc7c7ccccc7c6c6c5ccc5ccccc56)c4)cc32)cc1. The van der Waals surface area contributed by atoms with E-state index < -0.39 is 0 Å². The molecule has 2 aromatic heterocycles. The molecular formula is C62H38N2. The summed E-state index contributed by atoms with van der Waals surface area (Å²) in [4.78, 5) is 0. The summed E-state index contributed by atoms with van der Waals surface area (Å²) in [5, 5.41) is 17.9.